The number of anilines is 1. The van der Waals surface area contributed by atoms with E-state index in [1.807, 2.05) is 6.19 Å². The number of halogens is 5. The van der Waals surface area contributed by atoms with E-state index in [0.29, 0.717) is 12.8 Å². The van der Waals surface area contributed by atoms with Gasteiger partial charge in [-0.3, -0.25) is 24.4 Å². The van der Waals surface area contributed by atoms with E-state index in [1.165, 1.54) is 36.5 Å². The molecule has 2 aromatic rings. The SMILES string of the molecule is CO[C@@H]1C[C@H](C(=O)N(c2ccc(S(F)(F)(F)(F)F)cc2)C(C(=O)NC2CC3CCC(C2)O3)c2cccnc2)N(C#N)C1. The maximum Gasteiger partial charge on any atom is 0.310 e. The van der Waals surface area contributed by atoms with E-state index in [2.05, 4.69) is 10.3 Å². The Bertz CT molecular complexity index is 1370. The van der Waals surface area contributed by atoms with Gasteiger partial charge in [-0.1, -0.05) is 25.5 Å². The molecule has 0 radical (unpaired) electrons. The fourth-order valence-electron chi connectivity index (χ4n) is 5.95. The number of methoxy groups -OCH3 is 1. The number of pyridine rings is 1. The smallest absolute Gasteiger partial charge is 0.310 e. The standard InChI is InChI=1S/C27H30F5N5O4S/c1-40-22-13-24(36(15-22)16-33)27(39)37(19-4-8-23(9-5-19)42(28,29,30,31)32)25(17-3-2-10-34-14-17)26(38)35-18-11-20-6-7-21(12-18)41-20/h2-5,8-10,14,18,20-22,24-25H,6-7,11-13,15H2,1H3,(H,35,38)/t18?,20?,21?,22-,24-,25?/m1/s1. The molecule has 1 N–H and O–H groups in total. The molecule has 2 amide bonds. The summed E-state index contributed by atoms with van der Waals surface area (Å²) in [5.74, 6) is -1.42. The Kier molecular flexibility index (Phi) is 7.39. The number of ether oxygens (including phenoxy) is 2. The van der Waals surface area contributed by atoms with E-state index in [9.17, 15) is 34.3 Å². The molecule has 5 rings (SSSR count). The monoisotopic (exact) mass is 615 g/mol. The van der Waals surface area contributed by atoms with Crippen LogP contribution in [-0.2, 0) is 19.1 Å². The first-order valence-corrected chi connectivity index (χ1v) is 15.3. The Balaban J connectivity index is 1.57. The molecule has 3 unspecified atom stereocenters. The summed E-state index contributed by atoms with van der Waals surface area (Å²) in [4.78, 5) is 32.3. The highest BCUT2D eigenvalue weighted by Crippen LogP contribution is 3.02. The largest absolute Gasteiger partial charge is 0.379 e. The molecule has 2 bridgehead atoms. The summed E-state index contributed by atoms with van der Waals surface area (Å²) < 4.78 is 78.8. The molecule has 4 heterocycles. The molecule has 3 aliphatic heterocycles. The lowest BCUT2D eigenvalue weighted by Gasteiger charge is -2.41. The number of aromatic nitrogens is 1. The molecule has 42 heavy (non-hydrogen) atoms. The highest BCUT2D eigenvalue weighted by molar-refractivity contribution is 8.45. The van der Waals surface area contributed by atoms with Gasteiger partial charge in [-0.15, -0.1) is 0 Å². The zero-order valence-corrected chi connectivity index (χ0v) is 23.4. The van der Waals surface area contributed by atoms with Crippen LogP contribution in [0.15, 0.2) is 53.7 Å². The fourth-order valence-corrected chi connectivity index (χ4v) is 6.60. The predicted octanol–water partition coefficient (Wildman–Crippen LogP) is 5.21. The number of fused-ring (bicyclic) bond motifs is 2. The van der Waals surface area contributed by atoms with Crippen LogP contribution < -0.4 is 10.2 Å². The molecule has 0 saturated carbocycles. The van der Waals surface area contributed by atoms with Crippen LogP contribution in [0.2, 0.25) is 0 Å². The number of benzene rings is 1. The Morgan fingerprint density at radius 2 is 1.79 bits per heavy atom. The lowest BCUT2D eigenvalue weighted by Crippen LogP contribution is -2.52. The number of amides is 2. The third-order valence-electron chi connectivity index (χ3n) is 7.95. The number of carbonyl (C=O) groups excluding carboxylic acids is 2. The summed E-state index contributed by atoms with van der Waals surface area (Å²) in [6.45, 7) is 0.0784. The second-order valence-corrected chi connectivity index (χ2v) is 13.3. The van der Waals surface area contributed by atoms with Crippen molar-refractivity contribution in [2.45, 2.75) is 73.4 Å². The number of carbonyl (C=O) groups is 2. The van der Waals surface area contributed by atoms with E-state index in [0.717, 1.165) is 29.9 Å². The molecule has 0 spiro atoms. The number of nitriles is 1. The van der Waals surface area contributed by atoms with Crippen molar-refractivity contribution in [1.82, 2.24) is 15.2 Å². The van der Waals surface area contributed by atoms with Gasteiger partial charge in [0.05, 0.1) is 24.9 Å². The van der Waals surface area contributed by atoms with Crippen LogP contribution in [0.1, 0.15) is 43.7 Å². The molecule has 1 aromatic heterocycles. The van der Waals surface area contributed by atoms with Crippen molar-refractivity contribution in [1.29, 1.82) is 5.26 Å². The minimum Gasteiger partial charge on any atom is -0.379 e. The third-order valence-corrected chi connectivity index (χ3v) is 9.11. The average molecular weight is 616 g/mol. The summed E-state index contributed by atoms with van der Waals surface area (Å²) >= 11 is 0. The van der Waals surface area contributed by atoms with Crippen LogP contribution in [0.25, 0.3) is 0 Å². The second kappa shape index (κ2) is 10.4. The number of nitrogens with one attached hydrogen (secondary N) is 1. The summed E-state index contributed by atoms with van der Waals surface area (Å²) in [6.07, 6.45) is 7.07. The van der Waals surface area contributed by atoms with E-state index in [1.54, 1.807) is 0 Å². The van der Waals surface area contributed by atoms with Crippen molar-refractivity contribution in [2.75, 3.05) is 18.6 Å². The van der Waals surface area contributed by atoms with Gasteiger partial charge in [0.2, 0.25) is 5.91 Å². The van der Waals surface area contributed by atoms with Gasteiger partial charge in [-0.25, -0.2) is 0 Å². The zero-order valence-electron chi connectivity index (χ0n) is 22.5. The zero-order chi connectivity index (χ0) is 30.3. The summed E-state index contributed by atoms with van der Waals surface area (Å²) in [6, 6.07) is 2.06. The van der Waals surface area contributed by atoms with Crippen molar-refractivity contribution >= 4 is 27.7 Å². The summed E-state index contributed by atoms with van der Waals surface area (Å²) in [5.41, 5.74) is 0.000347. The molecular formula is C27H30F5N5O4S. The molecule has 3 aliphatic rings. The molecule has 9 nitrogen and oxygen atoms in total. The highest BCUT2D eigenvalue weighted by Gasteiger charge is 2.65. The number of hydrogen-bond donors (Lipinski definition) is 1. The Hall–Kier alpha value is -3.48. The summed E-state index contributed by atoms with van der Waals surface area (Å²) in [7, 11) is -8.61. The minimum atomic E-state index is -10.0. The van der Waals surface area contributed by atoms with Crippen molar-refractivity contribution < 1.29 is 38.5 Å². The highest BCUT2D eigenvalue weighted by atomic mass is 32.5. The fraction of sp³-hybridized carbons (Fsp3) is 0.481. The molecular weight excluding hydrogens is 585 g/mol. The van der Waals surface area contributed by atoms with Crippen LogP contribution in [0.4, 0.5) is 25.1 Å². The molecule has 228 valence electrons. The van der Waals surface area contributed by atoms with Gasteiger partial charge in [0.25, 0.3) is 5.91 Å². The lowest BCUT2D eigenvalue weighted by atomic mass is 10.00. The Labute approximate surface area is 239 Å². The van der Waals surface area contributed by atoms with Crippen molar-refractivity contribution in [3.8, 4) is 6.19 Å². The number of likely N-dealkylation sites (tertiary alicyclic amines) is 1. The van der Waals surface area contributed by atoms with Gasteiger partial charge in [0.1, 0.15) is 17.0 Å². The van der Waals surface area contributed by atoms with Gasteiger partial charge in [-0.2, -0.15) is 5.26 Å². The molecule has 3 saturated heterocycles. The number of hydrogen-bond acceptors (Lipinski definition) is 7. The maximum absolute atomic E-state index is 14.2. The molecule has 15 heteroatoms. The normalized spacial score (nSPS) is 27.8. The van der Waals surface area contributed by atoms with E-state index in [-0.39, 0.29) is 54.6 Å². The lowest BCUT2D eigenvalue weighted by molar-refractivity contribution is -0.129. The van der Waals surface area contributed by atoms with Crippen molar-refractivity contribution in [3.63, 3.8) is 0 Å². The van der Waals surface area contributed by atoms with Crippen LogP contribution in [-0.4, -0.2) is 65.7 Å². The average Bonchev–Trinajstić information content (AvgIpc) is 3.52. The molecule has 1 aromatic carbocycles. The van der Waals surface area contributed by atoms with Crippen molar-refractivity contribution in [3.05, 3.63) is 54.4 Å². The van der Waals surface area contributed by atoms with Crippen LogP contribution in [0.5, 0.6) is 0 Å². The third kappa shape index (κ3) is 6.30. The van der Waals surface area contributed by atoms with Crippen LogP contribution in [0.3, 0.4) is 0 Å². The topological polar surface area (TPSA) is 108 Å². The molecule has 3 fully saturated rings. The van der Waals surface area contributed by atoms with Gasteiger partial charge in [0, 0.05) is 43.2 Å². The second-order valence-electron chi connectivity index (χ2n) is 10.9. The van der Waals surface area contributed by atoms with Gasteiger partial charge in [0.15, 0.2) is 6.19 Å². The van der Waals surface area contributed by atoms with Gasteiger partial charge < -0.3 is 14.8 Å². The van der Waals surface area contributed by atoms with Crippen molar-refractivity contribution in [2.24, 2.45) is 0 Å². The van der Waals surface area contributed by atoms with E-state index in [4.69, 9.17) is 9.47 Å². The molecule has 5 atom stereocenters. The van der Waals surface area contributed by atoms with Gasteiger partial charge in [-0.05, 0) is 56.0 Å². The maximum atomic E-state index is 14.2. The summed E-state index contributed by atoms with van der Waals surface area (Å²) in [5, 5.41) is 12.7. The predicted molar refractivity (Wildman–Crippen MR) is 143 cm³/mol. The van der Waals surface area contributed by atoms with Crippen LogP contribution >= 0.6 is 10.2 Å². The first kappa shape index (κ1) is 30.0. The molecule has 0 aliphatic carbocycles. The quantitative estimate of drug-likeness (QED) is 0.321. The van der Waals surface area contributed by atoms with E-state index < -0.39 is 45.1 Å². The number of rotatable bonds is 8. The van der Waals surface area contributed by atoms with Crippen LogP contribution in [0, 0.1) is 11.5 Å². The first-order chi connectivity index (χ1) is 19.7. The Morgan fingerprint density at radius 1 is 1.12 bits per heavy atom. The van der Waals surface area contributed by atoms with Gasteiger partial charge >= 0.3 is 10.2 Å². The Morgan fingerprint density at radius 3 is 2.33 bits per heavy atom. The minimum absolute atomic E-state index is 0.0169. The first-order valence-electron chi connectivity index (χ1n) is 13.4. The number of nitrogens with zero attached hydrogens (tertiary/aromatic N) is 4. The van der Waals surface area contributed by atoms with E-state index >= 15 is 0 Å².